The van der Waals surface area contributed by atoms with Crippen molar-refractivity contribution in [3.63, 3.8) is 0 Å². The second-order valence-electron chi connectivity index (χ2n) is 5.56. The maximum absolute atomic E-state index is 12.3. The van der Waals surface area contributed by atoms with E-state index < -0.39 is 0 Å². The number of rotatable bonds is 4. The highest BCUT2D eigenvalue weighted by Gasteiger charge is 2.16. The molecule has 0 radical (unpaired) electrons. The lowest BCUT2D eigenvalue weighted by molar-refractivity contribution is -0.115. The maximum atomic E-state index is 12.3. The minimum absolute atomic E-state index is 0.0915. The largest absolute Gasteiger partial charge is 0.302 e. The minimum Gasteiger partial charge on any atom is -0.302 e. The van der Waals surface area contributed by atoms with Gasteiger partial charge in [0.25, 0.3) is 0 Å². The van der Waals surface area contributed by atoms with Gasteiger partial charge in [-0.2, -0.15) is 5.10 Å². The standard InChI is InChI=1S/C17H17ClN4OS/c1-10-9-24-17(19-10)20-16(23)8-15-11(2)21-22(12(15)3)14-6-4-13(18)5-7-14/h4-7,9H,8H2,1-3H3,(H,19,20,23). The molecule has 0 unspecified atom stereocenters. The lowest BCUT2D eigenvalue weighted by Gasteiger charge is -2.06. The van der Waals surface area contributed by atoms with Gasteiger partial charge >= 0.3 is 0 Å². The number of hydrogen-bond acceptors (Lipinski definition) is 4. The van der Waals surface area contributed by atoms with Crippen LogP contribution in [0.5, 0.6) is 0 Å². The van der Waals surface area contributed by atoms with Crippen molar-refractivity contribution in [1.82, 2.24) is 14.8 Å². The zero-order valence-electron chi connectivity index (χ0n) is 13.6. The number of nitrogens with zero attached hydrogens (tertiary/aromatic N) is 3. The van der Waals surface area contributed by atoms with Crippen LogP contribution in [-0.2, 0) is 11.2 Å². The molecule has 0 bridgehead atoms. The van der Waals surface area contributed by atoms with Gasteiger partial charge in [-0.15, -0.1) is 11.3 Å². The molecule has 5 nitrogen and oxygen atoms in total. The molecule has 0 aliphatic carbocycles. The molecule has 1 aromatic carbocycles. The third kappa shape index (κ3) is 3.49. The van der Waals surface area contributed by atoms with Crippen molar-refractivity contribution < 1.29 is 4.79 Å². The first-order chi connectivity index (χ1) is 11.4. The van der Waals surface area contributed by atoms with Crippen molar-refractivity contribution in [3.05, 3.63) is 57.3 Å². The zero-order chi connectivity index (χ0) is 17.3. The molecule has 2 aromatic heterocycles. The lowest BCUT2D eigenvalue weighted by Crippen LogP contribution is -2.15. The molecule has 0 fully saturated rings. The van der Waals surface area contributed by atoms with E-state index in [1.54, 1.807) is 0 Å². The maximum Gasteiger partial charge on any atom is 0.230 e. The number of hydrogen-bond donors (Lipinski definition) is 1. The Kier molecular flexibility index (Phi) is 4.69. The number of aromatic nitrogens is 3. The van der Waals surface area contributed by atoms with Crippen LogP contribution in [0.3, 0.4) is 0 Å². The summed E-state index contributed by atoms with van der Waals surface area (Å²) in [5.41, 5.74) is 4.53. The van der Waals surface area contributed by atoms with Gasteiger partial charge in [-0.3, -0.25) is 4.79 Å². The Labute approximate surface area is 149 Å². The quantitative estimate of drug-likeness (QED) is 0.762. The van der Waals surface area contributed by atoms with Crippen molar-refractivity contribution in [2.24, 2.45) is 0 Å². The van der Waals surface area contributed by atoms with Crippen molar-refractivity contribution in [2.45, 2.75) is 27.2 Å². The van der Waals surface area contributed by atoms with Crippen LogP contribution >= 0.6 is 22.9 Å². The zero-order valence-corrected chi connectivity index (χ0v) is 15.2. The van der Waals surface area contributed by atoms with Crippen LogP contribution < -0.4 is 5.32 Å². The van der Waals surface area contributed by atoms with Crippen LogP contribution in [0.1, 0.15) is 22.6 Å². The molecular formula is C17H17ClN4OS. The summed E-state index contributed by atoms with van der Waals surface area (Å²) in [4.78, 5) is 16.5. The summed E-state index contributed by atoms with van der Waals surface area (Å²) >= 11 is 7.36. The van der Waals surface area contributed by atoms with Crippen LogP contribution in [0.15, 0.2) is 29.6 Å². The molecule has 1 amide bonds. The highest BCUT2D eigenvalue weighted by atomic mass is 35.5. The Morgan fingerprint density at radius 1 is 1.25 bits per heavy atom. The van der Waals surface area contributed by atoms with Crippen molar-refractivity contribution >= 4 is 34.0 Å². The lowest BCUT2D eigenvalue weighted by atomic mass is 10.1. The Hall–Kier alpha value is -2.18. The monoisotopic (exact) mass is 360 g/mol. The first-order valence-electron chi connectivity index (χ1n) is 7.47. The number of benzene rings is 1. The second-order valence-corrected chi connectivity index (χ2v) is 6.85. The predicted octanol–water partition coefficient (Wildman–Crippen LogP) is 4.09. The molecule has 0 aliphatic rings. The van der Waals surface area contributed by atoms with Gasteiger partial charge < -0.3 is 5.32 Å². The minimum atomic E-state index is -0.0915. The first-order valence-corrected chi connectivity index (χ1v) is 8.73. The van der Waals surface area contributed by atoms with Gasteiger partial charge in [0, 0.05) is 21.7 Å². The summed E-state index contributed by atoms with van der Waals surface area (Å²) in [6.07, 6.45) is 0.268. The van der Waals surface area contributed by atoms with Crippen LogP contribution in [-0.4, -0.2) is 20.7 Å². The summed E-state index contributed by atoms with van der Waals surface area (Å²) in [7, 11) is 0. The Morgan fingerprint density at radius 2 is 1.96 bits per heavy atom. The van der Waals surface area contributed by atoms with Gasteiger partial charge in [-0.05, 0) is 45.0 Å². The van der Waals surface area contributed by atoms with Gasteiger partial charge in [-0.1, -0.05) is 11.6 Å². The molecule has 0 aliphatic heterocycles. The van der Waals surface area contributed by atoms with E-state index >= 15 is 0 Å². The Morgan fingerprint density at radius 3 is 2.58 bits per heavy atom. The second kappa shape index (κ2) is 6.75. The van der Waals surface area contributed by atoms with Gasteiger partial charge in [0.2, 0.25) is 5.91 Å². The fraction of sp³-hybridized carbons (Fsp3) is 0.235. The van der Waals surface area contributed by atoms with Crippen LogP contribution in [0.25, 0.3) is 5.69 Å². The molecule has 124 valence electrons. The summed E-state index contributed by atoms with van der Waals surface area (Å²) in [6, 6.07) is 7.46. The van der Waals surface area contributed by atoms with Crippen molar-refractivity contribution in [1.29, 1.82) is 0 Å². The highest BCUT2D eigenvalue weighted by molar-refractivity contribution is 7.13. The van der Waals surface area contributed by atoms with Crippen molar-refractivity contribution in [3.8, 4) is 5.69 Å². The molecule has 7 heteroatoms. The number of thiazole rings is 1. The van der Waals surface area contributed by atoms with Crippen molar-refractivity contribution in [2.75, 3.05) is 5.32 Å². The molecule has 3 rings (SSSR count). The average Bonchev–Trinajstić information content (AvgIpc) is 3.06. The molecule has 24 heavy (non-hydrogen) atoms. The third-order valence-corrected chi connectivity index (χ3v) is 4.84. The number of aryl methyl sites for hydroxylation is 2. The van der Waals surface area contributed by atoms with Gasteiger partial charge in [-0.25, -0.2) is 9.67 Å². The molecule has 3 aromatic rings. The van der Waals surface area contributed by atoms with Crippen LogP contribution in [0, 0.1) is 20.8 Å². The number of halogens is 1. The molecule has 0 saturated heterocycles. The topological polar surface area (TPSA) is 59.8 Å². The van der Waals surface area contributed by atoms with E-state index in [-0.39, 0.29) is 12.3 Å². The average molecular weight is 361 g/mol. The normalized spacial score (nSPS) is 10.8. The number of amides is 1. The highest BCUT2D eigenvalue weighted by Crippen LogP contribution is 2.21. The number of carbonyl (C=O) groups excluding carboxylic acids is 1. The summed E-state index contributed by atoms with van der Waals surface area (Å²) in [6.45, 7) is 5.77. The molecule has 0 spiro atoms. The van der Waals surface area contributed by atoms with E-state index in [9.17, 15) is 4.79 Å². The summed E-state index contributed by atoms with van der Waals surface area (Å²) in [5.74, 6) is -0.0915. The summed E-state index contributed by atoms with van der Waals surface area (Å²) in [5, 5.41) is 10.6. The molecule has 1 N–H and O–H groups in total. The number of anilines is 1. The summed E-state index contributed by atoms with van der Waals surface area (Å²) < 4.78 is 1.84. The number of carbonyl (C=O) groups is 1. The van der Waals surface area contributed by atoms with Gasteiger partial charge in [0.1, 0.15) is 0 Å². The van der Waals surface area contributed by atoms with E-state index in [4.69, 9.17) is 11.6 Å². The molecule has 0 saturated carbocycles. The fourth-order valence-corrected chi connectivity index (χ4v) is 3.33. The smallest absolute Gasteiger partial charge is 0.230 e. The van der Waals surface area contributed by atoms with Crippen LogP contribution in [0.2, 0.25) is 5.02 Å². The predicted molar refractivity (Wildman–Crippen MR) is 97.2 cm³/mol. The van der Waals surface area contributed by atoms with Gasteiger partial charge in [0.15, 0.2) is 5.13 Å². The van der Waals surface area contributed by atoms with Gasteiger partial charge in [0.05, 0.1) is 23.5 Å². The number of nitrogens with one attached hydrogen (secondary N) is 1. The Balaban J connectivity index is 1.81. The fourth-order valence-electron chi connectivity index (χ4n) is 2.50. The van der Waals surface area contributed by atoms with E-state index in [1.165, 1.54) is 11.3 Å². The first kappa shape index (κ1) is 16.7. The van der Waals surface area contributed by atoms with E-state index in [2.05, 4.69) is 15.4 Å². The third-order valence-electron chi connectivity index (χ3n) is 3.72. The van der Waals surface area contributed by atoms with E-state index in [1.807, 2.05) is 55.1 Å². The Bertz CT molecular complexity index is 883. The molecule has 2 heterocycles. The molecular weight excluding hydrogens is 344 g/mol. The van der Waals surface area contributed by atoms with Crippen LogP contribution in [0.4, 0.5) is 5.13 Å². The van der Waals surface area contributed by atoms with E-state index in [0.717, 1.165) is 28.3 Å². The van der Waals surface area contributed by atoms with E-state index in [0.29, 0.717) is 10.2 Å². The SMILES string of the molecule is Cc1csc(NC(=O)Cc2c(C)nn(-c3ccc(Cl)cc3)c2C)n1. The molecule has 0 atom stereocenters.